The number of piperidine rings is 1. The standard InChI is InChI=1S/C18H21N3S/c1-2-8-16(9-3-1)21-18-11-5-4-10-17(18)20(22-21)14-15-7-6-12-19-13-15/h1-5,8-11,15,19H,6-7,12-14H2/t15-/m0/s1. The zero-order chi connectivity index (χ0) is 14.8. The maximum Gasteiger partial charge on any atom is 0.0784 e. The van der Waals surface area contributed by atoms with Gasteiger partial charge in [0, 0.05) is 6.54 Å². The van der Waals surface area contributed by atoms with Crippen molar-refractivity contribution in [1.29, 1.82) is 0 Å². The van der Waals surface area contributed by atoms with E-state index in [-0.39, 0.29) is 0 Å². The lowest BCUT2D eigenvalue weighted by Crippen LogP contribution is -2.35. The van der Waals surface area contributed by atoms with Gasteiger partial charge in [-0.2, -0.15) is 0 Å². The van der Waals surface area contributed by atoms with Crippen LogP contribution in [0, 0.1) is 5.92 Å². The lowest BCUT2D eigenvalue weighted by atomic mass is 9.99. The van der Waals surface area contributed by atoms with Gasteiger partial charge in [-0.3, -0.25) is 8.61 Å². The van der Waals surface area contributed by atoms with Gasteiger partial charge in [0.2, 0.25) is 0 Å². The molecule has 1 fully saturated rings. The number of benzene rings is 2. The smallest absolute Gasteiger partial charge is 0.0784 e. The molecule has 3 nitrogen and oxygen atoms in total. The Hall–Kier alpha value is -1.65. The zero-order valence-corrected chi connectivity index (χ0v) is 13.4. The van der Waals surface area contributed by atoms with Crippen LogP contribution in [0.1, 0.15) is 12.8 Å². The molecule has 22 heavy (non-hydrogen) atoms. The van der Waals surface area contributed by atoms with E-state index in [2.05, 4.69) is 68.5 Å². The predicted octanol–water partition coefficient (Wildman–Crippen LogP) is 4.21. The van der Waals surface area contributed by atoms with Crippen molar-refractivity contribution in [2.75, 3.05) is 28.2 Å². The quantitative estimate of drug-likeness (QED) is 0.856. The second-order valence-electron chi connectivity index (χ2n) is 5.97. The number of hydrogen-bond donors (Lipinski definition) is 1. The fraction of sp³-hybridized carbons (Fsp3) is 0.333. The summed E-state index contributed by atoms with van der Waals surface area (Å²) in [5.41, 5.74) is 3.87. The summed E-state index contributed by atoms with van der Waals surface area (Å²) in [7, 11) is 0. The van der Waals surface area contributed by atoms with Gasteiger partial charge in [-0.15, -0.1) is 0 Å². The van der Waals surface area contributed by atoms with E-state index in [4.69, 9.17) is 0 Å². The van der Waals surface area contributed by atoms with Gasteiger partial charge in [-0.1, -0.05) is 30.3 Å². The van der Waals surface area contributed by atoms with Crippen LogP contribution in [0.2, 0.25) is 0 Å². The molecule has 1 N–H and O–H groups in total. The molecule has 2 aliphatic heterocycles. The third kappa shape index (κ3) is 2.69. The second-order valence-corrected chi connectivity index (χ2v) is 6.94. The molecule has 2 aliphatic rings. The highest BCUT2D eigenvalue weighted by Crippen LogP contribution is 2.49. The summed E-state index contributed by atoms with van der Waals surface area (Å²) < 4.78 is 4.80. The molecule has 0 amide bonds. The molecule has 114 valence electrons. The summed E-state index contributed by atoms with van der Waals surface area (Å²) in [5, 5.41) is 3.53. The van der Waals surface area contributed by atoms with E-state index in [0.29, 0.717) is 0 Å². The average Bonchev–Trinajstić information content (AvgIpc) is 2.96. The maximum absolute atomic E-state index is 3.53. The maximum atomic E-state index is 3.53. The molecule has 2 aromatic rings. The molecular formula is C18H21N3S. The molecule has 0 bridgehead atoms. The predicted molar refractivity (Wildman–Crippen MR) is 95.6 cm³/mol. The monoisotopic (exact) mass is 311 g/mol. The van der Waals surface area contributed by atoms with E-state index in [0.717, 1.165) is 19.0 Å². The number of nitrogens with one attached hydrogen (secondary N) is 1. The summed E-state index contributed by atoms with van der Waals surface area (Å²) in [4.78, 5) is 0. The fourth-order valence-corrected chi connectivity index (χ4v) is 4.40. The lowest BCUT2D eigenvalue weighted by molar-refractivity contribution is 0.388. The number of hydrogen-bond acceptors (Lipinski definition) is 4. The van der Waals surface area contributed by atoms with Gasteiger partial charge < -0.3 is 5.32 Å². The lowest BCUT2D eigenvalue weighted by Gasteiger charge is -2.28. The first-order valence-corrected chi connectivity index (χ1v) is 8.75. The Morgan fingerprint density at radius 3 is 2.55 bits per heavy atom. The largest absolute Gasteiger partial charge is 0.316 e. The van der Waals surface area contributed by atoms with Gasteiger partial charge in [-0.05, 0) is 56.1 Å². The van der Waals surface area contributed by atoms with E-state index in [1.54, 1.807) is 0 Å². The molecular weight excluding hydrogens is 290 g/mol. The van der Waals surface area contributed by atoms with Gasteiger partial charge in [-0.25, -0.2) is 0 Å². The molecule has 2 heterocycles. The minimum atomic E-state index is 0.741. The Morgan fingerprint density at radius 1 is 1.00 bits per heavy atom. The highest BCUT2D eigenvalue weighted by molar-refractivity contribution is 8.02. The summed E-state index contributed by atoms with van der Waals surface area (Å²) in [6.45, 7) is 3.43. The molecule has 4 rings (SSSR count). The number of para-hydroxylation sites is 3. The van der Waals surface area contributed by atoms with E-state index in [1.165, 1.54) is 36.4 Å². The number of anilines is 3. The van der Waals surface area contributed by atoms with Crippen LogP contribution in [0.3, 0.4) is 0 Å². The third-order valence-electron chi connectivity index (χ3n) is 4.36. The van der Waals surface area contributed by atoms with Crippen LogP contribution in [-0.4, -0.2) is 19.6 Å². The van der Waals surface area contributed by atoms with Crippen LogP contribution in [0.4, 0.5) is 17.1 Å². The average molecular weight is 311 g/mol. The number of nitrogens with zero attached hydrogens (tertiary/aromatic N) is 2. The van der Waals surface area contributed by atoms with E-state index < -0.39 is 0 Å². The van der Waals surface area contributed by atoms with Gasteiger partial charge in [0.05, 0.1) is 29.2 Å². The van der Waals surface area contributed by atoms with Crippen molar-refractivity contribution in [1.82, 2.24) is 5.32 Å². The van der Waals surface area contributed by atoms with Crippen molar-refractivity contribution in [3.05, 3.63) is 54.6 Å². The van der Waals surface area contributed by atoms with E-state index >= 15 is 0 Å². The van der Waals surface area contributed by atoms with Crippen molar-refractivity contribution in [2.45, 2.75) is 12.8 Å². The molecule has 4 heteroatoms. The summed E-state index contributed by atoms with van der Waals surface area (Å²) in [5.74, 6) is 0.741. The van der Waals surface area contributed by atoms with Crippen molar-refractivity contribution in [3.8, 4) is 0 Å². The van der Waals surface area contributed by atoms with Crippen LogP contribution in [0.15, 0.2) is 54.6 Å². The number of fused-ring (bicyclic) bond motifs is 1. The van der Waals surface area contributed by atoms with Crippen molar-refractivity contribution in [3.63, 3.8) is 0 Å². The van der Waals surface area contributed by atoms with E-state index in [1.807, 2.05) is 12.1 Å². The Morgan fingerprint density at radius 2 is 1.77 bits per heavy atom. The fourth-order valence-electron chi connectivity index (χ4n) is 3.23. The van der Waals surface area contributed by atoms with Crippen molar-refractivity contribution < 1.29 is 0 Å². The number of rotatable bonds is 3. The Labute approximate surface area is 136 Å². The molecule has 0 radical (unpaired) electrons. The molecule has 0 unspecified atom stereocenters. The summed E-state index contributed by atoms with van der Waals surface area (Å²) >= 11 is 1.83. The molecule has 1 saturated heterocycles. The molecule has 0 aromatic heterocycles. The van der Waals surface area contributed by atoms with Crippen LogP contribution in [0.5, 0.6) is 0 Å². The summed E-state index contributed by atoms with van der Waals surface area (Å²) in [6.07, 6.45) is 2.63. The minimum Gasteiger partial charge on any atom is -0.316 e. The third-order valence-corrected chi connectivity index (χ3v) is 5.48. The first-order chi connectivity index (χ1) is 10.9. The molecule has 1 atom stereocenters. The Bertz CT molecular complexity index is 625. The second kappa shape index (κ2) is 6.23. The van der Waals surface area contributed by atoms with Crippen molar-refractivity contribution >= 4 is 29.2 Å². The van der Waals surface area contributed by atoms with Gasteiger partial charge in [0.15, 0.2) is 0 Å². The van der Waals surface area contributed by atoms with Crippen LogP contribution >= 0.6 is 12.1 Å². The minimum absolute atomic E-state index is 0.741. The molecule has 0 aliphatic carbocycles. The van der Waals surface area contributed by atoms with Gasteiger partial charge in [0.25, 0.3) is 0 Å². The zero-order valence-electron chi connectivity index (χ0n) is 12.6. The molecule has 0 spiro atoms. The van der Waals surface area contributed by atoms with Gasteiger partial charge in [0.1, 0.15) is 0 Å². The topological polar surface area (TPSA) is 18.5 Å². The molecule has 0 saturated carbocycles. The Balaban J connectivity index is 1.59. The van der Waals surface area contributed by atoms with Crippen LogP contribution < -0.4 is 13.9 Å². The van der Waals surface area contributed by atoms with E-state index in [9.17, 15) is 0 Å². The summed E-state index contributed by atoms with van der Waals surface area (Å²) in [6, 6.07) is 19.3. The first kappa shape index (κ1) is 14.0. The van der Waals surface area contributed by atoms with Crippen LogP contribution in [-0.2, 0) is 0 Å². The highest BCUT2D eigenvalue weighted by atomic mass is 32.2. The van der Waals surface area contributed by atoms with Crippen molar-refractivity contribution in [2.24, 2.45) is 5.92 Å². The molecule has 2 aromatic carbocycles. The van der Waals surface area contributed by atoms with Gasteiger partial charge >= 0.3 is 0 Å². The van der Waals surface area contributed by atoms with Crippen LogP contribution in [0.25, 0.3) is 0 Å². The highest BCUT2D eigenvalue weighted by Gasteiger charge is 2.30. The SMILES string of the molecule is c1ccc(N2SN(C[C@H]3CCCNC3)c3ccccc32)cc1. The Kier molecular flexibility index (Phi) is 3.95. The first-order valence-electron chi connectivity index (χ1n) is 8.02. The normalized spacial score (nSPS) is 21.0.